The molecule has 0 unspecified atom stereocenters. The highest BCUT2D eigenvalue weighted by Crippen LogP contribution is 2.33. The van der Waals surface area contributed by atoms with Gasteiger partial charge in [0.15, 0.2) is 0 Å². The predicted molar refractivity (Wildman–Crippen MR) is 62.0 cm³/mol. The maximum atomic E-state index is 12.5. The fourth-order valence-corrected chi connectivity index (χ4v) is 3.03. The van der Waals surface area contributed by atoms with Crippen molar-refractivity contribution in [3.05, 3.63) is 18.0 Å². The molecule has 0 saturated heterocycles. The van der Waals surface area contributed by atoms with E-state index in [0.717, 1.165) is 9.20 Å². The smallest absolute Gasteiger partial charge is 0.263 e. The van der Waals surface area contributed by atoms with Crippen LogP contribution in [0.1, 0.15) is 5.69 Å². The van der Waals surface area contributed by atoms with E-state index in [-0.39, 0.29) is 12.2 Å². The maximum absolute atomic E-state index is 12.5. The van der Waals surface area contributed by atoms with Crippen LogP contribution >= 0.6 is 11.8 Å². The van der Waals surface area contributed by atoms with Gasteiger partial charge in [-0.1, -0.05) is 0 Å². The number of sulfonamides is 1. The standard InChI is InChI=1S/C9H10F2N2O2S2/c1-16-6-4-8-7(12-5-6)2-3-13(8)17(14,15)9(10)11/h4-5,9H,2-3H2,1H3. The van der Waals surface area contributed by atoms with Gasteiger partial charge in [-0.2, -0.15) is 8.78 Å². The van der Waals surface area contributed by atoms with Crippen LogP contribution in [0.4, 0.5) is 14.5 Å². The van der Waals surface area contributed by atoms with Crippen molar-refractivity contribution in [2.45, 2.75) is 17.1 Å². The second-order valence-electron chi connectivity index (χ2n) is 3.47. The summed E-state index contributed by atoms with van der Waals surface area (Å²) in [6.07, 6.45) is 3.79. The van der Waals surface area contributed by atoms with E-state index in [4.69, 9.17) is 0 Å². The molecule has 1 aliphatic heterocycles. The first-order chi connectivity index (χ1) is 7.96. The van der Waals surface area contributed by atoms with Gasteiger partial charge < -0.3 is 0 Å². The molecule has 0 atom stereocenters. The van der Waals surface area contributed by atoms with Gasteiger partial charge in [-0.05, 0) is 12.3 Å². The summed E-state index contributed by atoms with van der Waals surface area (Å²) in [4.78, 5) is 4.83. The second kappa shape index (κ2) is 4.41. The Labute approximate surface area is 102 Å². The van der Waals surface area contributed by atoms with Gasteiger partial charge >= 0.3 is 5.76 Å². The van der Waals surface area contributed by atoms with Crippen LogP contribution in [0.5, 0.6) is 0 Å². The van der Waals surface area contributed by atoms with E-state index in [1.54, 1.807) is 12.3 Å². The van der Waals surface area contributed by atoms with Crippen molar-refractivity contribution in [3.63, 3.8) is 0 Å². The van der Waals surface area contributed by atoms with Crippen LogP contribution in [0.25, 0.3) is 0 Å². The number of halogens is 2. The van der Waals surface area contributed by atoms with Gasteiger partial charge in [0.2, 0.25) is 0 Å². The minimum Gasteiger partial charge on any atom is -0.263 e. The zero-order valence-electron chi connectivity index (χ0n) is 8.93. The number of fused-ring (bicyclic) bond motifs is 1. The molecule has 4 nitrogen and oxygen atoms in total. The van der Waals surface area contributed by atoms with Crippen molar-refractivity contribution < 1.29 is 17.2 Å². The molecule has 0 radical (unpaired) electrons. The molecule has 0 aliphatic carbocycles. The summed E-state index contributed by atoms with van der Waals surface area (Å²) < 4.78 is 48.6. The number of pyridine rings is 1. The van der Waals surface area contributed by atoms with Gasteiger partial charge in [0.1, 0.15) is 0 Å². The van der Waals surface area contributed by atoms with Crippen molar-refractivity contribution in [1.82, 2.24) is 4.98 Å². The summed E-state index contributed by atoms with van der Waals surface area (Å²) in [5, 5.41) is 0. The summed E-state index contributed by atoms with van der Waals surface area (Å²) >= 11 is 1.38. The van der Waals surface area contributed by atoms with E-state index >= 15 is 0 Å². The molecule has 2 heterocycles. The fraction of sp³-hybridized carbons (Fsp3) is 0.444. The third kappa shape index (κ3) is 2.11. The SMILES string of the molecule is CSc1cnc2c(c1)N(S(=O)(=O)C(F)F)CC2. The van der Waals surface area contributed by atoms with E-state index in [1.807, 2.05) is 6.26 Å². The molecule has 0 spiro atoms. The zero-order valence-corrected chi connectivity index (χ0v) is 10.6. The van der Waals surface area contributed by atoms with Gasteiger partial charge in [0.25, 0.3) is 10.0 Å². The van der Waals surface area contributed by atoms with Crippen molar-refractivity contribution in [2.75, 3.05) is 17.1 Å². The van der Waals surface area contributed by atoms with Gasteiger partial charge in [-0.25, -0.2) is 8.42 Å². The Kier molecular flexibility index (Phi) is 3.26. The number of aromatic nitrogens is 1. The number of hydrogen-bond acceptors (Lipinski definition) is 4. The zero-order chi connectivity index (χ0) is 12.6. The number of nitrogens with zero attached hydrogens (tertiary/aromatic N) is 2. The van der Waals surface area contributed by atoms with Crippen LogP contribution < -0.4 is 4.31 Å². The van der Waals surface area contributed by atoms with Crippen LogP contribution in [-0.4, -0.2) is 32.0 Å². The molecule has 0 fully saturated rings. The summed E-state index contributed by atoms with van der Waals surface area (Å²) in [5.41, 5.74) is 0.823. The summed E-state index contributed by atoms with van der Waals surface area (Å²) in [6.45, 7) is 0.0346. The van der Waals surface area contributed by atoms with Gasteiger partial charge in [-0.15, -0.1) is 11.8 Å². The quantitative estimate of drug-likeness (QED) is 0.791. The summed E-state index contributed by atoms with van der Waals surface area (Å²) in [7, 11) is -4.56. The van der Waals surface area contributed by atoms with Crippen molar-refractivity contribution in [2.24, 2.45) is 0 Å². The Morgan fingerprint density at radius 2 is 2.24 bits per heavy atom. The first-order valence-corrected chi connectivity index (χ1v) is 7.52. The number of anilines is 1. The Hall–Kier alpha value is -0.890. The molecule has 0 N–H and O–H groups in total. The largest absolute Gasteiger partial charge is 0.355 e. The normalized spacial score (nSPS) is 15.4. The molecule has 0 bridgehead atoms. The van der Waals surface area contributed by atoms with Crippen LogP contribution in [0.3, 0.4) is 0 Å². The van der Waals surface area contributed by atoms with Crippen molar-refractivity contribution in [1.29, 1.82) is 0 Å². The lowest BCUT2D eigenvalue weighted by molar-refractivity contribution is 0.234. The molecule has 1 aromatic rings. The van der Waals surface area contributed by atoms with Crippen molar-refractivity contribution in [3.8, 4) is 0 Å². The third-order valence-electron chi connectivity index (χ3n) is 2.51. The number of alkyl halides is 2. The molecule has 0 saturated carbocycles. The summed E-state index contributed by atoms with van der Waals surface area (Å²) in [5.74, 6) is -3.40. The average Bonchev–Trinajstić information content (AvgIpc) is 2.71. The molecule has 1 aromatic heterocycles. The second-order valence-corrected chi connectivity index (χ2v) is 6.18. The van der Waals surface area contributed by atoms with E-state index < -0.39 is 15.8 Å². The van der Waals surface area contributed by atoms with E-state index in [9.17, 15) is 17.2 Å². The number of rotatable bonds is 3. The molecule has 8 heteroatoms. The number of hydrogen-bond donors (Lipinski definition) is 0. The third-order valence-corrected chi connectivity index (χ3v) is 4.65. The molecular weight excluding hydrogens is 270 g/mol. The Morgan fingerprint density at radius 1 is 1.53 bits per heavy atom. The highest BCUT2D eigenvalue weighted by molar-refractivity contribution is 7.98. The lowest BCUT2D eigenvalue weighted by Crippen LogP contribution is -2.33. The fourth-order valence-electron chi connectivity index (χ4n) is 1.67. The minimum absolute atomic E-state index is 0.0346. The van der Waals surface area contributed by atoms with Gasteiger partial charge in [-0.3, -0.25) is 9.29 Å². The molecule has 0 aromatic carbocycles. The number of thioether (sulfide) groups is 1. The highest BCUT2D eigenvalue weighted by atomic mass is 32.2. The van der Waals surface area contributed by atoms with Crippen LogP contribution in [-0.2, 0) is 16.4 Å². The maximum Gasteiger partial charge on any atom is 0.355 e. The first-order valence-electron chi connectivity index (χ1n) is 4.79. The van der Waals surface area contributed by atoms with Crippen LogP contribution in [0, 0.1) is 0 Å². The Morgan fingerprint density at radius 3 is 2.82 bits per heavy atom. The topological polar surface area (TPSA) is 50.3 Å². The van der Waals surface area contributed by atoms with E-state index in [0.29, 0.717) is 12.1 Å². The Balaban J connectivity index is 2.46. The molecule has 2 rings (SSSR count). The average molecular weight is 280 g/mol. The van der Waals surface area contributed by atoms with Crippen LogP contribution in [0.2, 0.25) is 0 Å². The summed E-state index contributed by atoms with van der Waals surface area (Å²) in [6, 6.07) is 1.58. The molecule has 0 amide bonds. The lowest BCUT2D eigenvalue weighted by Gasteiger charge is -2.18. The molecule has 94 valence electrons. The monoisotopic (exact) mass is 280 g/mol. The Bertz CT molecular complexity index is 534. The molecule has 17 heavy (non-hydrogen) atoms. The predicted octanol–water partition coefficient (Wildman–Crippen LogP) is 1.72. The van der Waals surface area contributed by atoms with Crippen LogP contribution in [0.15, 0.2) is 17.2 Å². The molecular formula is C9H10F2N2O2S2. The van der Waals surface area contributed by atoms with Crippen molar-refractivity contribution >= 4 is 27.5 Å². The molecule has 1 aliphatic rings. The first kappa shape index (κ1) is 12.6. The highest BCUT2D eigenvalue weighted by Gasteiger charge is 2.36. The van der Waals surface area contributed by atoms with E-state index in [2.05, 4.69) is 4.98 Å². The van der Waals surface area contributed by atoms with Gasteiger partial charge in [0, 0.05) is 24.1 Å². The minimum atomic E-state index is -4.56. The van der Waals surface area contributed by atoms with E-state index in [1.165, 1.54) is 11.8 Å². The van der Waals surface area contributed by atoms with Gasteiger partial charge in [0.05, 0.1) is 11.4 Å². The lowest BCUT2D eigenvalue weighted by atomic mass is 10.3.